The van der Waals surface area contributed by atoms with Gasteiger partial charge in [0.1, 0.15) is 0 Å². The molecule has 1 N–H and O–H groups in total. The predicted molar refractivity (Wildman–Crippen MR) is 67.4 cm³/mol. The third-order valence-electron chi connectivity index (χ3n) is 2.45. The number of carbonyl (C=O) groups is 1. The van der Waals surface area contributed by atoms with Crippen molar-refractivity contribution in [3.8, 4) is 16.7 Å². The summed E-state index contributed by atoms with van der Waals surface area (Å²) in [6, 6.07) is 1.92. The highest BCUT2D eigenvalue weighted by Gasteiger charge is 2.22. The van der Waals surface area contributed by atoms with Crippen LogP contribution in [0.25, 0.3) is 10.8 Å². The van der Waals surface area contributed by atoms with Crippen LogP contribution in [0.15, 0.2) is 10.5 Å². The zero-order valence-corrected chi connectivity index (χ0v) is 11.1. The van der Waals surface area contributed by atoms with Crippen LogP contribution in [0.5, 0.6) is 5.95 Å². The summed E-state index contributed by atoms with van der Waals surface area (Å²) in [5.41, 5.74) is 0.943. The lowest BCUT2D eigenvalue weighted by molar-refractivity contribution is 0.0683. The summed E-state index contributed by atoms with van der Waals surface area (Å²) in [7, 11) is 0. The van der Waals surface area contributed by atoms with Gasteiger partial charge < -0.3 is 14.3 Å². The Morgan fingerprint density at radius 1 is 1.56 bits per heavy atom. The van der Waals surface area contributed by atoms with E-state index in [1.807, 2.05) is 19.9 Å². The number of hydrogen-bond acceptors (Lipinski definition) is 5. The minimum Gasteiger partial charge on any atom is -0.476 e. The maximum atomic E-state index is 11.0. The molecule has 2 aromatic rings. The standard InChI is InChI=1S/C12H13NO4S/c1-4-16-12-9(11(14)15)13-10(17-12)8-5-6(2)7(3)18-8/h5H,4H2,1-3H3,(H,14,15). The first-order valence-electron chi connectivity index (χ1n) is 5.47. The summed E-state index contributed by atoms with van der Waals surface area (Å²) in [4.78, 5) is 16.9. The van der Waals surface area contributed by atoms with Gasteiger partial charge in [-0.1, -0.05) is 0 Å². The fourth-order valence-electron chi connectivity index (χ4n) is 1.45. The summed E-state index contributed by atoms with van der Waals surface area (Å²) in [6.45, 7) is 6.07. The maximum absolute atomic E-state index is 11.0. The Bertz CT molecular complexity index is 565. The largest absolute Gasteiger partial charge is 0.476 e. The summed E-state index contributed by atoms with van der Waals surface area (Å²) >= 11 is 1.51. The average Bonchev–Trinajstić information content (AvgIpc) is 2.85. The average molecular weight is 267 g/mol. The van der Waals surface area contributed by atoms with Gasteiger partial charge in [-0.3, -0.25) is 0 Å². The van der Waals surface area contributed by atoms with E-state index in [1.54, 1.807) is 6.92 Å². The number of carboxylic acid groups (broad SMARTS) is 1. The Morgan fingerprint density at radius 2 is 2.28 bits per heavy atom. The van der Waals surface area contributed by atoms with E-state index in [-0.39, 0.29) is 17.5 Å². The molecule has 0 aliphatic carbocycles. The van der Waals surface area contributed by atoms with Crippen molar-refractivity contribution >= 4 is 17.3 Å². The third-order valence-corrected chi connectivity index (χ3v) is 3.59. The van der Waals surface area contributed by atoms with Crippen LogP contribution in [-0.2, 0) is 0 Å². The Kier molecular flexibility index (Phi) is 3.38. The van der Waals surface area contributed by atoms with Gasteiger partial charge >= 0.3 is 11.9 Å². The third kappa shape index (κ3) is 2.24. The topological polar surface area (TPSA) is 72.6 Å². The number of carboxylic acids is 1. The molecule has 0 atom stereocenters. The van der Waals surface area contributed by atoms with Crippen LogP contribution in [0.4, 0.5) is 0 Å². The van der Waals surface area contributed by atoms with Crippen LogP contribution in [-0.4, -0.2) is 22.7 Å². The molecule has 2 rings (SSSR count). The fraction of sp³-hybridized carbons (Fsp3) is 0.333. The molecule has 0 saturated carbocycles. The number of thiophene rings is 1. The second kappa shape index (κ2) is 4.81. The van der Waals surface area contributed by atoms with E-state index < -0.39 is 5.97 Å². The van der Waals surface area contributed by atoms with Crippen molar-refractivity contribution in [2.75, 3.05) is 6.61 Å². The Hall–Kier alpha value is -1.82. The maximum Gasteiger partial charge on any atom is 0.362 e. The number of aromatic nitrogens is 1. The molecule has 0 spiro atoms. The number of aryl methyl sites for hydroxylation is 2. The minimum absolute atomic E-state index is 0.0382. The van der Waals surface area contributed by atoms with Gasteiger partial charge in [0.2, 0.25) is 11.6 Å². The quantitative estimate of drug-likeness (QED) is 0.921. The second-order valence-corrected chi connectivity index (χ2v) is 5.00. The minimum atomic E-state index is -1.15. The summed E-state index contributed by atoms with van der Waals surface area (Å²) < 4.78 is 10.5. The number of aromatic carboxylic acids is 1. The van der Waals surface area contributed by atoms with Crippen molar-refractivity contribution in [1.82, 2.24) is 4.98 Å². The van der Waals surface area contributed by atoms with Gasteiger partial charge in [-0.15, -0.1) is 11.3 Å². The molecule has 0 bridgehead atoms. The molecule has 0 radical (unpaired) electrons. The molecular weight excluding hydrogens is 254 g/mol. The highest BCUT2D eigenvalue weighted by molar-refractivity contribution is 7.15. The molecule has 0 aromatic carbocycles. The first kappa shape index (κ1) is 12.6. The van der Waals surface area contributed by atoms with Gasteiger partial charge in [0.15, 0.2) is 0 Å². The highest BCUT2D eigenvalue weighted by Crippen LogP contribution is 2.33. The lowest BCUT2D eigenvalue weighted by Crippen LogP contribution is -2.01. The van der Waals surface area contributed by atoms with Crippen LogP contribution in [0, 0.1) is 13.8 Å². The summed E-state index contributed by atoms with van der Waals surface area (Å²) in [6.07, 6.45) is 0. The molecular formula is C12H13NO4S. The molecule has 0 aliphatic heterocycles. The van der Waals surface area contributed by atoms with E-state index in [9.17, 15) is 4.79 Å². The molecule has 0 unspecified atom stereocenters. The Morgan fingerprint density at radius 3 is 2.78 bits per heavy atom. The zero-order valence-electron chi connectivity index (χ0n) is 10.3. The van der Waals surface area contributed by atoms with Crippen LogP contribution >= 0.6 is 11.3 Å². The number of hydrogen-bond donors (Lipinski definition) is 1. The van der Waals surface area contributed by atoms with Gasteiger partial charge in [-0.2, -0.15) is 4.98 Å². The van der Waals surface area contributed by atoms with E-state index in [1.165, 1.54) is 11.3 Å². The predicted octanol–water partition coefficient (Wildman–Crippen LogP) is 3.12. The van der Waals surface area contributed by atoms with E-state index in [0.29, 0.717) is 6.61 Å². The molecule has 18 heavy (non-hydrogen) atoms. The Labute approximate surface area is 108 Å². The van der Waals surface area contributed by atoms with E-state index in [4.69, 9.17) is 14.3 Å². The van der Waals surface area contributed by atoms with Crippen molar-refractivity contribution in [2.45, 2.75) is 20.8 Å². The molecule has 6 heteroatoms. The molecule has 0 aliphatic rings. The molecule has 0 saturated heterocycles. The SMILES string of the molecule is CCOc1oc(-c2cc(C)c(C)s2)nc1C(=O)O. The van der Waals surface area contributed by atoms with Crippen LogP contribution in [0.2, 0.25) is 0 Å². The number of ether oxygens (including phenoxy) is 1. The molecule has 5 nitrogen and oxygen atoms in total. The molecule has 0 fully saturated rings. The fourth-order valence-corrected chi connectivity index (χ4v) is 2.41. The first-order valence-corrected chi connectivity index (χ1v) is 6.29. The monoisotopic (exact) mass is 267 g/mol. The van der Waals surface area contributed by atoms with E-state index in [0.717, 1.165) is 15.3 Å². The van der Waals surface area contributed by atoms with Crippen LogP contribution < -0.4 is 4.74 Å². The van der Waals surface area contributed by atoms with Crippen LogP contribution in [0.3, 0.4) is 0 Å². The van der Waals surface area contributed by atoms with Gasteiger partial charge in [-0.05, 0) is 32.4 Å². The Balaban J connectivity index is 2.45. The molecule has 2 aromatic heterocycles. The highest BCUT2D eigenvalue weighted by atomic mass is 32.1. The zero-order chi connectivity index (χ0) is 13.3. The van der Waals surface area contributed by atoms with Crippen molar-refractivity contribution in [3.63, 3.8) is 0 Å². The van der Waals surface area contributed by atoms with E-state index in [2.05, 4.69) is 4.98 Å². The molecule has 0 amide bonds. The number of rotatable bonds is 4. The summed E-state index contributed by atoms with van der Waals surface area (Å²) in [5.74, 6) is -0.904. The van der Waals surface area contributed by atoms with Crippen molar-refractivity contribution in [3.05, 3.63) is 22.2 Å². The second-order valence-electron chi connectivity index (χ2n) is 3.74. The van der Waals surface area contributed by atoms with Gasteiger partial charge in [0.05, 0.1) is 11.5 Å². The number of nitrogens with zero attached hydrogens (tertiary/aromatic N) is 1. The van der Waals surface area contributed by atoms with Crippen molar-refractivity contribution in [2.24, 2.45) is 0 Å². The van der Waals surface area contributed by atoms with Crippen molar-refractivity contribution in [1.29, 1.82) is 0 Å². The normalized spacial score (nSPS) is 10.6. The van der Waals surface area contributed by atoms with E-state index >= 15 is 0 Å². The van der Waals surface area contributed by atoms with Gasteiger partial charge in [0, 0.05) is 4.88 Å². The van der Waals surface area contributed by atoms with Crippen LogP contribution in [0.1, 0.15) is 27.9 Å². The lowest BCUT2D eigenvalue weighted by atomic mass is 10.3. The number of oxazole rings is 1. The van der Waals surface area contributed by atoms with Crippen molar-refractivity contribution < 1.29 is 19.1 Å². The first-order chi connectivity index (χ1) is 8.52. The lowest BCUT2D eigenvalue weighted by Gasteiger charge is -1.96. The smallest absolute Gasteiger partial charge is 0.362 e. The molecule has 2 heterocycles. The van der Waals surface area contributed by atoms with Gasteiger partial charge in [0.25, 0.3) is 0 Å². The molecule has 96 valence electrons. The summed E-state index contributed by atoms with van der Waals surface area (Å²) in [5, 5.41) is 9.01. The van der Waals surface area contributed by atoms with Gasteiger partial charge in [-0.25, -0.2) is 4.79 Å².